The van der Waals surface area contributed by atoms with Gasteiger partial charge >= 0.3 is 0 Å². The van der Waals surface area contributed by atoms with Gasteiger partial charge in [-0.1, -0.05) is 6.42 Å². The minimum absolute atomic E-state index is 0.0495. The Hall–Kier alpha value is -0.160. The highest BCUT2D eigenvalue weighted by Crippen LogP contribution is 2.23. The molecule has 0 amide bonds. The minimum Gasteiger partial charge on any atom is -0.395 e. The average molecular weight is 241 g/mol. The van der Waals surface area contributed by atoms with Crippen LogP contribution in [0.5, 0.6) is 0 Å². The van der Waals surface area contributed by atoms with Gasteiger partial charge in [-0.3, -0.25) is 9.80 Å². The maximum absolute atomic E-state index is 8.97. The molecular formula is C13H27N3O. The molecule has 2 aliphatic rings. The number of rotatable bonds is 4. The second kappa shape index (κ2) is 6.14. The molecule has 2 saturated heterocycles. The number of nitrogens with two attached hydrogens (primary N) is 1. The van der Waals surface area contributed by atoms with Crippen molar-refractivity contribution in [1.29, 1.82) is 0 Å². The van der Waals surface area contributed by atoms with Crippen molar-refractivity contribution in [3.05, 3.63) is 0 Å². The van der Waals surface area contributed by atoms with Crippen molar-refractivity contribution < 1.29 is 5.11 Å². The van der Waals surface area contributed by atoms with Crippen LogP contribution < -0.4 is 5.73 Å². The van der Waals surface area contributed by atoms with E-state index in [1.54, 1.807) is 0 Å². The van der Waals surface area contributed by atoms with E-state index < -0.39 is 0 Å². The second-order valence-corrected chi connectivity index (χ2v) is 5.72. The summed E-state index contributed by atoms with van der Waals surface area (Å²) in [7, 11) is 0. The zero-order valence-electron chi connectivity index (χ0n) is 11.0. The van der Waals surface area contributed by atoms with Gasteiger partial charge in [-0.2, -0.15) is 0 Å². The summed E-state index contributed by atoms with van der Waals surface area (Å²) in [6.45, 7) is 7.15. The van der Waals surface area contributed by atoms with E-state index in [1.165, 1.54) is 38.9 Å². The number of piperazine rings is 1. The summed E-state index contributed by atoms with van der Waals surface area (Å²) >= 11 is 0. The summed E-state index contributed by atoms with van der Waals surface area (Å²) in [5.74, 6) is 0. The first-order chi connectivity index (χ1) is 8.20. The lowest BCUT2D eigenvalue weighted by molar-refractivity contribution is 0.0134. The molecule has 0 aromatic carbocycles. The lowest BCUT2D eigenvalue weighted by Crippen LogP contribution is -2.59. The predicted molar refractivity (Wildman–Crippen MR) is 69.9 cm³/mol. The van der Waals surface area contributed by atoms with Crippen LogP contribution in [-0.2, 0) is 0 Å². The van der Waals surface area contributed by atoms with Crippen LogP contribution in [0.2, 0.25) is 0 Å². The monoisotopic (exact) mass is 241 g/mol. The molecule has 100 valence electrons. The molecule has 3 atom stereocenters. The first-order valence-corrected chi connectivity index (χ1v) is 7.05. The summed E-state index contributed by atoms with van der Waals surface area (Å²) in [6.07, 6.45) is 5.03. The van der Waals surface area contributed by atoms with Crippen molar-refractivity contribution in [3.63, 3.8) is 0 Å². The van der Waals surface area contributed by atoms with Crippen molar-refractivity contribution >= 4 is 0 Å². The quantitative estimate of drug-likeness (QED) is 0.741. The fraction of sp³-hybridized carbons (Fsp3) is 1.00. The lowest BCUT2D eigenvalue weighted by atomic mass is 9.97. The van der Waals surface area contributed by atoms with E-state index in [9.17, 15) is 0 Å². The average Bonchev–Trinajstić information content (AvgIpc) is 2.35. The molecule has 2 fully saturated rings. The fourth-order valence-electron chi connectivity index (χ4n) is 3.15. The van der Waals surface area contributed by atoms with Gasteiger partial charge in [0.05, 0.1) is 6.61 Å². The van der Waals surface area contributed by atoms with Crippen molar-refractivity contribution in [3.8, 4) is 0 Å². The molecule has 2 aliphatic heterocycles. The fourth-order valence-corrected chi connectivity index (χ4v) is 3.15. The maximum Gasteiger partial charge on any atom is 0.0583 e. The number of hydrogen-bond donors (Lipinski definition) is 2. The molecule has 0 spiro atoms. The Morgan fingerprint density at radius 1 is 1.35 bits per heavy atom. The summed E-state index contributed by atoms with van der Waals surface area (Å²) in [4.78, 5) is 5.22. The third-order valence-electron chi connectivity index (χ3n) is 4.34. The summed E-state index contributed by atoms with van der Waals surface area (Å²) in [5.41, 5.74) is 5.78. The van der Waals surface area contributed by atoms with Gasteiger partial charge in [-0.05, 0) is 32.7 Å². The molecule has 0 aliphatic carbocycles. The van der Waals surface area contributed by atoms with Crippen LogP contribution in [0.25, 0.3) is 0 Å². The van der Waals surface area contributed by atoms with E-state index in [0.29, 0.717) is 6.04 Å². The molecule has 3 unspecified atom stereocenters. The largest absolute Gasteiger partial charge is 0.395 e. The van der Waals surface area contributed by atoms with E-state index in [0.717, 1.165) is 19.0 Å². The second-order valence-electron chi connectivity index (χ2n) is 5.72. The van der Waals surface area contributed by atoms with E-state index in [-0.39, 0.29) is 12.6 Å². The van der Waals surface area contributed by atoms with Crippen LogP contribution in [0, 0.1) is 0 Å². The summed E-state index contributed by atoms with van der Waals surface area (Å²) in [6, 6.07) is 1.35. The van der Waals surface area contributed by atoms with Crippen LogP contribution in [0.15, 0.2) is 0 Å². The maximum atomic E-state index is 8.97. The zero-order valence-corrected chi connectivity index (χ0v) is 11.0. The standard InChI is InChI=1S/C13H27N3O/c1-11-8-16-6-3-2-4-13(16)9-15(11)7-5-12(14)10-17/h11-13,17H,2-10,14H2,1H3. The highest BCUT2D eigenvalue weighted by molar-refractivity contribution is 4.89. The molecule has 0 aromatic heterocycles. The minimum atomic E-state index is -0.0495. The Labute approximate surface area is 105 Å². The van der Waals surface area contributed by atoms with Gasteiger partial charge in [-0.15, -0.1) is 0 Å². The van der Waals surface area contributed by atoms with E-state index in [4.69, 9.17) is 10.8 Å². The molecule has 0 saturated carbocycles. The molecule has 17 heavy (non-hydrogen) atoms. The molecule has 2 rings (SSSR count). The van der Waals surface area contributed by atoms with Gasteiger partial charge in [0, 0.05) is 37.8 Å². The van der Waals surface area contributed by atoms with Crippen molar-refractivity contribution in [1.82, 2.24) is 9.80 Å². The normalized spacial score (nSPS) is 33.4. The van der Waals surface area contributed by atoms with E-state index in [1.807, 2.05) is 0 Å². The molecule has 3 N–H and O–H groups in total. The van der Waals surface area contributed by atoms with Crippen LogP contribution >= 0.6 is 0 Å². The number of aliphatic hydroxyl groups is 1. The SMILES string of the molecule is CC1CN2CCCCC2CN1CCC(N)CO. The van der Waals surface area contributed by atoms with Gasteiger partial charge in [-0.25, -0.2) is 0 Å². The Morgan fingerprint density at radius 2 is 2.18 bits per heavy atom. The molecule has 4 heteroatoms. The van der Waals surface area contributed by atoms with Crippen molar-refractivity contribution in [2.24, 2.45) is 5.73 Å². The summed E-state index contributed by atoms with van der Waals surface area (Å²) < 4.78 is 0. The van der Waals surface area contributed by atoms with E-state index in [2.05, 4.69) is 16.7 Å². The van der Waals surface area contributed by atoms with Gasteiger partial charge in [0.2, 0.25) is 0 Å². The van der Waals surface area contributed by atoms with Crippen LogP contribution in [0.1, 0.15) is 32.6 Å². The lowest BCUT2D eigenvalue weighted by Gasteiger charge is -2.47. The Morgan fingerprint density at radius 3 is 2.94 bits per heavy atom. The predicted octanol–water partition coefficient (Wildman–Crippen LogP) is 0.255. The van der Waals surface area contributed by atoms with Crippen molar-refractivity contribution in [2.45, 2.75) is 50.7 Å². The zero-order chi connectivity index (χ0) is 12.3. The third kappa shape index (κ3) is 3.41. The third-order valence-corrected chi connectivity index (χ3v) is 4.34. The molecule has 0 aromatic rings. The number of fused-ring (bicyclic) bond motifs is 1. The Balaban J connectivity index is 1.82. The molecule has 4 nitrogen and oxygen atoms in total. The first-order valence-electron chi connectivity index (χ1n) is 7.05. The smallest absolute Gasteiger partial charge is 0.0583 e. The van der Waals surface area contributed by atoms with Crippen LogP contribution in [0.3, 0.4) is 0 Å². The molecule has 0 bridgehead atoms. The Bertz CT molecular complexity index is 237. The van der Waals surface area contributed by atoms with Gasteiger partial charge < -0.3 is 10.8 Å². The number of nitrogens with zero attached hydrogens (tertiary/aromatic N) is 2. The van der Waals surface area contributed by atoms with Gasteiger partial charge in [0.15, 0.2) is 0 Å². The van der Waals surface area contributed by atoms with Crippen LogP contribution in [0.4, 0.5) is 0 Å². The van der Waals surface area contributed by atoms with Gasteiger partial charge in [0.1, 0.15) is 0 Å². The molecule has 2 heterocycles. The van der Waals surface area contributed by atoms with E-state index >= 15 is 0 Å². The molecular weight excluding hydrogens is 214 g/mol. The highest BCUT2D eigenvalue weighted by atomic mass is 16.3. The number of aliphatic hydroxyl groups excluding tert-OH is 1. The molecule has 0 radical (unpaired) electrons. The summed E-state index contributed by atoms with van der Waals surface area (Å²) in [5, 5.41) is 8.97. The first kappa shape index (κ1) is 13.3. The Kier molecular flexibility index (Phi) is 4.79. The number of piperidine rings is 1. The van der Waals surface area contributed by atoms with Gasteiger partial charge in [0.25, 0.3) is 0 Å². The number of hydrogen-bond acceptors (Lipinski definition) is 4. The highest BCUT2D eigenvalue weighted by Gasteiger charge is 2.32. The van der Waals surface area contributed by atoms with Crippen molar-refractivity contribution in [2.75, 3.05) is 32.8 Å². The van der Waals surface area contributed by atoms with Crippen LogP contribution in [-0.4, -0.2) is 65.8 Å². The topological polar surface area (TPSA) is 52.7 Å².